The molecule has 0 aliphatic carbocycles. The summed E-state index contributed by atoms with van der Waals surface area (Å²) in [5.74, 6) is -1.35. The molecule has 6 heteroatoms. The second-order valence-electron chi connectivity index (χ2n) is 4.07. The van der Waals surface area contributed by atoms with Crippen LogP contribution in [0.25, 0.3) is 0 Å². The molecule has 0 fully saturated rings. The van der Waals surface area contributed by atoms with Gasteiger partial charge in [0.1, 0.15) is 0 Å². The fourth-order valence-corrected chi connectivity index (χ4v) is 1.95. The van der Waals surface area contributed by atoms with Crippen molar-refractivity contribution in [1.82, 2.24) is 5.32 Å². The standard InChI is InChI=1S/C12H13Cl2NO3/c1-7(2-11(16)17)6-15-12(18)8-3-9(13)5-10(14)4-8/h3-5,7H,2,6H2,1H3,(H,15,18)(H,16,17). The molecule has 98 valence electrons. The highest BCUT2D eigenvalue weighted by Gasteiger charge is 2.11. The third kappa shape index (κ3) is 4.94. The maximum absolute atomic E-state index is 11.8. The van der Waals surface area contributed by atoms with Gasteiger partial charge in [0.2, 0.25) is 0 Å². The Bertz CT molecular complexity index is 442. The summed E-state index contributed by atoms with van der Waals surface area (Å²) in [5.41, 5.74) is 0.357. The molecule has 0 spiro atoms. The molecule has 1 atom stereocenters. The van der Waals surface area contributed by atoms with Crippen molar-refractivity contribution in [2.24, 2.45) is 5.92 Å². The summed E-state index contributed by atoms with van der Waals surface area (Å²) in [6, 6.07) is 4.54. The number of nitrogens with one attached hydrogen (secondary N) is 1. The van der Waals surface area contributed by atoms with Crippen molar-refractivity contribution in [3.63, 3.8) is 0 Å². The minimum absolute atomic E-state index is 0.0105. The Hall–Kier alpha value is -1.26. The fourth-order valence-electron chi connectivity index (χ4n) is 1.42. The summed E-state index contributed by atoms with van der Waals surface area (Å²) in [6.45, 7) is 2.04. The van der Waals surface area contributed by atoms with Gasteiger partial charge >= 0.3 is 5.97 Å². The minimum Gasteiger partial charge on any atom is -0.481 e. The maximum atomic E-state index is 11.8. The summed E-state index contributed by atoms with van der Waals surface area (Å²) >= 11 is 11.6. The second kappa shape index (κ2) is 6.61. The predicted molar refractivity (Wildman–Crippen MR) is 70.2 cm³/mol. The lowest BCUT2D eigenvalue weighted by atomic mass is 10.1. The van der Waals surface area contributed by atoms with E-state index in [2.05, 4.69) is 5.32 Å². The van der Waals surface area contributed by atoms with Gasteiger partial charge in [0.05, 0.1) is 0 Å². The number of carbonyl (C=O) groups is 2. The molecule has 1 amide bonds. The first kappa shape index (κ1) is 14.8. The van der Waals surface area contributed by atoms with Gasteiger partial charge in [-0.25, -0.2) is 0 Å². The number of benzene rings is 1. The smallest absolute Gasteiger partial charge is 0.303 e. The lowest BCUT2D eigenvalue weighted by Crippen LogP contribution is -2.29. The van der Waals surface area contributed by atoms with Gasteiger partial charge in [-0.1, -0.05) is 30.1 Å². The Morgan fingerprint density at radius 2 is 1.83 bits per heavy atom. The average molecular weight is 290 g/mol. The van der Waals surface area contributed by atoms with Gasteiger partial charge in [0, 0.05) is 28.6 Å². The van der Waals surface area contributed by atoms with E-state index in [-0.39, 0.29) is 24.8 Å². The van der Waals surface area contributed by atoms with Gasteiger partial charge in [-0.05, 0) is 24.1 Å². The largest absolute Gasteiger partial charge is 0.481 e. The molecule has 1 unspecified atom stereocenters. The number of carbonyl (C=O) groups excluding carboxylic acids is 1. The zero-order valence-corrected chi connectivity index (χ0v) is 11.3. The number of carboxylic acid groups (broad SMARTS) is 1. The van der Waals surface area contributed by atoms with Crippen LogP contribution >= 0.6 is 23.2 Å². The van der Waals surface area contributed by atoms with Crippen LogP contribution in [-0.2, 0) is 4.79 Å². The van der Waals surface area contributed by atoms with E-state index in [0.717, 1.165) is 0 Å². The summed E-state index contributed by atoms with van der Waals surface area (Å²) < 4.78 is 0. The summed E-state index contributed by atoms with van der Waals surface area (Å²) in [7, 11) is 0. The normalized spacial score (nSPS) is 11.9. The zero-order valence-electron chi connectivity index (χ0n) is 9.74. The second-order valence-corrected chi connectivity index (χ2v) is 4.94. The van der Waals surface area contributed by atoms with Crippen molar-refractivity contribution >= 4 is 35.1 Å². The van der Waals surface area contributed by atoms with Crippen LogP contribution in [0.15, 0.2) is 18.2 Å². The van der Waals surface area contributed by atoms with E-state index in [1.165, 1.54) is 18.2 Å². The number of amides is 1. The van der Waals surface area contributed by atoms with E-state index in [1.807, 2.05) is 0 Å². The van der Waals surface area contributed by atoms with Crippen molar-refractivity contribution in [1.29, 1.82) is 0 Å². The molecule has 0 heterocycles. The van der Waals surface area contributed by atoms with Crippen molar-refractivity contribution in [2.75, 3.05) is 6.54 Å². The van der Waals surface area contributed by atoms with Gasteiger partial charge < -0.3 is 10.4 Å². The Kier molecular flexibility index (Phi) is 5.44. The van der Waals surface area contributed by atoms with Crippen LogP contribution in [0, 0.1) is 5.92 Å². The number of hydrogen-bond acceptors (Lipinski definition) is 2. The number of aliphatic carboxylic acids is 1. The van der Waals surface area contributed by atoms with E-state index in [9.17, 15) is 9.59 Å². The first-order valence-electron chi connectivity index (χ1n) is 5.34. The van der Waals surface area contributed by atoms with Gasteiger partial charge in [0.15, 0.2) is 0 Å². The summed E-state index contributed by atoms with van der Waals surface area (Å²) in [5, 5.41) is 12.0. The lowest BCUT2D eigenvalue weighted by Gasteiger charge is -2.10. The van der Waals surface area contributed by atoms with Gasteiger partial charge in [-0.3, -0.25) is 9.59 Å². The van der Waals surface area contributed by atoms with E-state index in [4.69, 9.17) is 28.3 Å². The molecule has 0 saturated heterocycles. The fraction of sp³-hybridized carbons (Fsp3) is 0.333. The van der Waals surface area contributed by atoms with E-state index in [1.54, 1.807) is 6.92 Å². The molecule has 0 aromatic heterocycles. The maximum Gasteiger partial charge on any atom is 0.303 e. The number of halogens is 2. The third-order valence-electron chi connectivity index (χ3n) is 2.26. The highest BCUT2D eigenvalue weighted by Crippen LogP contribution is 2.19. The molecule has 0 saturated carbocycles. The molecule has 0 aliphatic heterocycles. The number of rotatable bonds is 5. The van der Waals surface area contributed by atoms with Gasteiger partial charge in [-0.2, -0.15) is 0 Å². The van der Waals surface area contributed by atoms with Crippen LogP contribution in [0.4, 0.5) is 0 Å². The van der Waals surface area contributed by atoms with Gasteiger partial charge in [-0.15, -0.1) is 0 Å². The van der Waals surface area contributed by atoms with Crippen LogP contribution in [0.2, 0.25) is 10.0 Å². The van der Waals surface area contributed by atoms with Crippen LogP contribution in [0.5, 0.6) is 0 Å². The van der Waals surface area contributed by atoms with E-state index in [0.29, 0.717) is 15.6 Å². The highest BCUT2D eigenvalue weighted by molar-refractivity contribution is 6.35. The van der Waals surface area contributed by atoms with Crippen molar-refractivity contribution in [3.05, 3.63) is 33.8 Å². The first-order valence-corrected chi connectivity index (χ1v) is 6.10. The van der Waals surface area contributed by atoms with Crippen molar-refractivity contribution in [2.45, 2.75) is 13.3 Å². The monoisotopic (exact) mass is 289 g/mol. The number of carboxylic acids is 1. The molecule has 1 rings (SSSR count). The SMILES string of the molecule is CC(CNC(=O)c1cc(Cl)cc(Cl)c1)CC(=O)O. The van der Waals surface area contributed by atoms with Crippen molar-refractivity contribution in [3.8, 4) is 0 Å². The molecule has 18 heavy (non-hydrogen) atoms. The number of hydrogen-bond donors (Lipinski definition) is 2. The summed E-state index contributed by atoms with van der Waals surface area (Å²) in [4.78, 5) is 22.2. The Balaban J connectivity index is 2.57. The molecular weight excluding hydrogens is 277 g/mol. The first-order chi connectivity index (χ1) is 8.38. The quantitative estimate of drug-likeness (QED) is 0.876. The van der Waals surface area contributed by atoms with E-state index < -0.39 is 5.97 Å². The third-order valence-corrected chi connectivity index (χ3v) is 2.70. The zero-order chi connectivity index (χ0) is 13.7. The van der Waals surface area contributed by atoms with Crippen LogP contribution in [0.3, 0.4) is 0 Å². The Labute approximate surface area is 115 Å². The van der Waals surface area contributed by atoms with Crippen molar-refractivity contribution < 1.29 is 14.7 Å². The molecule has 0 bridgehead atoms. The topological polar surface area (TPSA) is 66.4 Å². The minimum atomic E-state index is -0.887. The highest BCUT2D eigenvalue weighted by atomic mass is 35.5. The molecular formula is C12H13Cl2NO3. The molecule has 0 aliphatic rings. The Morgan fingerprint density at radius 1 is 1.28 bits per heavy atom. The predicted octanol–water partition coefficient (Wildman–Crippen LogP) is 2.83. The summed E-state index contributed by atoms with van der Waals surface area (Å²) in [6.07, 6.45) is 0.0105. The molecule has 0 radical (unpaired) electrons. The van der Waals surface area contributed by atoms with E-state index >= 15 is 0 Å². The van der Waals surface area contributed by atoms with Crippen LogP contribution < -0.4 is 5.32 Å². The molecule has 4 nitrogen and oxygen atoms in total. The molecule has 1 aromatic carbocycles. The lowest BCUT2D eigenvalue weighted by molar-refractivity contribution is -0.137. The Morgan fingerprint density at radius 3 is 2.33 bits per heavy atom. The van der Waals surface area contributed by atoms with Gasteiger partial charge in [0.25, 0.3) is 5.91 Å². The van der Waals surface area contributed by atoms with Crippen LogP contribution in [0.1, 0.15) is 23.7 Å². The molecule has 1 aromatic rings. The van der Waals surface area contributed by atoms with Crippen LogP contribution in [-0.4, -0.2) is 23.5 Å². The molecule has 2 N–H and O–H groups in total. The average Bonchev–Trinajstić information content (AvgIpc) is 2.23.